The second-order valence-electron chi connectivity index (χ2n) is 4.50. The zero-order chi connectivity index (χ0) is 13.9. The van der Waals surface area contributed by atoms with Crippen LogP contribution in [0.25, 0.3) is 11.5 Å². The fraction of sp³-hybridized carbons (Fsp3) is 0.417. The van der Waals surface area contributed by atoms with Crippen LogP contribution in [0.3, 0.4) is 0 Å². The van der Waals surface area contributed by atoms with Crippen molar-refractivity contribution in [2.24, 2.45) is 0 Å². The van der Waals surface area contributed by atoms with E-state index in [2.05, 4.69) is 30.7 Å². The number of carbonyl (C=O) groups excluding carboxylic acids is 1. The smallest absolute Gasteiger partial charge is 0.237 e. The van der Waals surface area contributed by atoms with Crippen LogP contribution in [0.4, 0.5) is 0 Å². The monoisotopic (exact) mass is 274 g/mol. The fourth-order valence-corrected chi connectivity index (χ4v) is 2.01. The lowest BCUT2D eigenvalue weighted by atomic mass is 10.1. The van der Waals surface area contributed by atoms with Gasteiger partial charge in [0, 0.05) is 19.3 Å². The maximum atomic E-state index is 11.6. The predicted molar refractivity (Wildman–Crippen MR) is 68.6 cm³/mol. The number of amides is 1. The van der Waals surface area contributed by atoms with Gasteiger partial charge in [-0.15, -0.1) is 0 Å². The summed E-state index contributed by atoms with van der Waals surface area (Å²) in [5.74, 6) is 1.41. The number of nitrogens with one attached hydrogen (secondary N) is 2. The summed E-state index contributed by atoms with van der Waals surface area (Å²) in [5.41, 5.74) is 0.605. The zero-order valence-electron chi connectivity index (χ0n) is 11.0. The number of nitrogens with zero attached hydrogens (tertiary/aromatic N) is 4. The van der Waals surface area contributed by atoms with Gasteiger partial charge in [0.05, 0.1) is 12.5 Å². The molecular weight excluding hydrogens is 260 g/mol. The topological polar surface area (TPSA) is 106 Å². The second-order valence-corrected chi connectivity index (χ2v) is 4.50. The van der Waals surface area contributed by atoms with Gasteiger partial charge in [0.1, 0.15) is 11.5 Å². The molecule has 0 spiro atoms. The number of aromatic nitrogens is 4. The van der Waals surface area contributed by atoms with Gasteiger partial charge in [-0.2, -0.15) is 4.98 Å². The van der Waals surface area contributed by atoms with Gasteiger partial charge in [0.15, 0.2) is 0 Å². The molecule has 0 bridgehead atoms. The van der Waals surface area contributed by atoms with Gasteiger partial charge in [-0.3, -0.25) is 4.79 Å². The predicted octanol–water partition coefficient (Wildman–Crippen LogP) is -0.534. The van der Waals surface area contributed by atoms with Crippen LogP contribution in [-0.2, 0) is 11.2 Å². The highest BCUT2D eigenvalue weighted by Crippen LogP contribution is 2.13. The molecule has 8 heteroatoms. The van der Waals surface area contributed by atoms with Crippen LogP contribution in [0.1, 0.15) is 11.7 Å². The summed E-state index contributed by atoms with van der Waals surface area (Å²) < 4.78 is 5.17. The number of hydrogen-bond acceptors (Lipinski definition) is 7. The molecule has 1 aliphatic heterocycles. The summed E-state index contributed by atoms with van der Waals surface area (Å²) in [7, 11) is 0. The third-order valence-electron chi connectivity index (χ3n) is 2.98. The van der Waals surface area contributed by atoms with Crippen molar-refractivity contribution in [2.75, 3.05) is 13.1 Å². The van der Waals surface area contributed by atoms with E-state index in [-0.39, 0.29) is 11.9 Å². The lowest BCUT2D eigenvalue weighted by molar-refractivity contribution is -0.124. The molecule has 2 aromatic rings. The molecule has 3 heterocycles. The largest absolute Gasteiger partial charge is 0.353 e. The molecule has 1 atom stereocenters. The van der Waals surface area contributed by atoms with Crippen LogP contribution >= 0.6 is 0 Å². The molecule has 0 aromatic carbocycles. The van der Waals surface area contributed by atoms with Gasteiger partial charge >= 0.3 is 0 Å². The SMILES string of the molecule is Cc1nccc(-c2noc(CC3NCCNC3=O)n2)n1. The van der Waals surface area contributed by atoms with Crippen molar-refractivity contribution in [3.05, 3.63) is 24.0 Å². The maximum Gasteiger partial charge on any atom is 0.237 e. The van der Waals surface area contributed by atoms with Gasteiger partial charge < -0.3 is 15.2 Å². The third kappa shape index (κ3) is 2.64. The Bertz CT molecular complexity index is 626. The molecule has 3 rings (SSSR count). The number of aryl methyl sites for hydroxylation is 1. The maximum absolute atomic E-state index is 11.6. The lowest BCUT2D eigenvalue weighted by Crippen LogP contribution is -2.53. The highest BCUT2D eigenvalue weighted by molar-refractivity contribution is 5.82. The van der Waals surface area contributed by atoms with Gasteiger partial charge in [-0.05, 0) is 13.0 Å². The quantitative estimate of drug-likeness (QED) is 0.774. The van der Waals surface area contributed by atoms with E-state index < -0.39 is 0 Å². The summed E-state index contributed by atoms with van der Waals surface area (Å²) in [6, 6.07) is 1.39. The molecule has 1 amide bonds. The first-order valence-corrected chi connectivity index (χ1v) is 6.36. The van der Waals surface area contributed by atoms with Crippen LogP contribution in [0, 0.1) is 6.92 Å². The van der Waals surface area contributed by atoms with Crippen LogP contribution in [0.5, 0.6) is 0 Å². The van der Waals surface area contributed by atoms with Crippen molar-refractivity contribution in [3.63, 3.8) is 0 Å². The summed E-state index contributed by atoms with van der Waals surface area (Å²) in [6.07, 6.45) is 2.01. The number of rotatable bonds is 3. The number of hydrogen-bond donors (Lipinski definition) is 2. The Morgan fingerprint density at radius 1 is 1.40 bits per heavy atom. The van der Waals surface area contributed by atoms with Crippen LogP contribution in [0.15, 0.2) is 16.8 Å². The lowest BCUT2D eigenvalue weighted by Gasteiger charge is -2.21. The highest BCUT2D eigenvalue weighted by atomic mass is 16.5. The van der Waals surface area contributed by atoms with Gasteiger partial charge in [0.25, 0.3) is 0 Å². The Kier molecular flexibility index (Phi) is 3.38. The standard InChI is InChI=1S/C12H14N6O2/c1-7-13-3-2-8(16-7)11-17-10(20-18-11)6-9-12(19)15-5-4-14-9/h2-3,9,14H,4-6H2,1H3,(H,15,19). The molecule has 0 saturated carbocycles. The molecule has 1 fully saturated rings. The van der Waals surface area contributed by atoms with Crippen LogP contribution in [0.2, 0.25) is 0 Å². The molecule has 1 unspecified atom stereocenters. The Balaban J connectivity index is 1.75. The van der Waals surface area contributed by atoms with Crippen LogP contribution in [-0.4, -0.2) is 45.1 Å². The van der Waals surface area contributed by atoms with Crippen molar-refractivity contribution in [1.29, 1.82) is 0 Å². The van der Waals surface area contributed by atoms with Crippen molar-refractivity contribution >= 4 is 5.91 Å². The summed E-state index contributed by atoms with van der Waals surface area (Å²) in [4.78, 5) is 24.1. The van der Waals surface area contributed by atoms with E-state index >= 15 is 0 Å². The molecule has 1 saturated heterocycles. The molecule has 8 nitrogen and oxygen atoms in total. The Hall–Kier alpha value is -2.35. The highest BCUT2D eigenvalue weighted by Gasteiger charge is 2.24. The first-order valence-electron chi connectivity index (χ1n) is 6.36. The van der Waals surface area contributed by atoms with E-state index in [4.69, 9.17) is 4.52 Å². The zero-order valence-corrected chi connectivity index (χ0v) is 11.0. The molecule has 1 aliphatic rings. The average Bonchev–Trinajstić information content (AvgIpc) is 2.90. The Morgan fingerprint density at radius 3 is 3.10 bits per heavy atom. The summed E-state index contributed by atoms with van der Waals surface area (Å²) in [6.45, 7) is 3.17. The molecule has 20 heavy (non-hydrogen) atoms. The van der Waals surface area contributed by atoms with Gasteiger partial charge in [0.2, 0.25) is 17.6 Å². The van der Waals surface area contributed by atoms with E-state index in [0.29, 0.717) is 36.2 Å². The molecule has 0 aliphatic carbocycles. The van der Waals surface area contributed by atoms with Crippen molar-refractivity contribution in [1.82, 2.24) is 30.7 Å². The first-order chi connectivity index (χ1) is 9.72. The first kappa shape index (κ1) is 12.7. The normalized spacial score (nSPS) is 18.9. The fourth-order valence-electron chi connectivity index (χ4n) is 2.01. The van der Waals surface area contributed by atoms with Gasteiger partial charge in [-0.1, -0.05) is 5.16 Å². The van der Waals surface area contributed by atoms with E-state index in [1.807, 2.05) is 0 Å². The molecule has 104 valence electrons. The van der Waals surface area contributed by atoms with Crippen LogP contribution < -0.4 is 10.6 Å². The summed E-state index contributed by atoms with van der Waals surface area (Å²) in [5, 5.41) is 9.78. The van der Waals surface area contributed by atoms with E-state index in [9.17, 15) is 4.79 Å². The molecule has 2 N–H and O–H groups in total. The molecule has 0 radical (unpaired) electrons. The number of piperazine rings is 1. The van der Waals surface area contributed by atoms with Crippen molar-refractivity contribution in [2.45, 2.75) is 19.4 Å². The van der Waals surface area contributed by atoms with E-state index in [0.717, 1.165) is 6.54 Å². The third-order valence-corrected chi connectivity index (χ3v) is 2.98. The number of carbonyl (C=O) groups is 1. The minimum Gasteiger partial charge on any atom is -0.353 e. The van der Waals surface area contributed by atoms with Gasteiger partial charge in [-0.25, -0.2) is 9.97 Å². The minimum absolute atomic E-state index is 0.0473. The van der Waals surface area contributed by atoms with E-state index in [1.165, 1.54) is 0 Å². The molecule has 2 aromatic heterocycles. The summed E-state index contributed by atoms with van der Waals surface area (Å²) >= 11 is 0. The van der Waals surface area contributed by atoms with E-state index in [1.54, 1.807) is 19.2 Å². The van der Waals surface area contributed by atoms with Crippen molar-refractivity contribution in [3.8, 4) is 11.5 Å². The molecular formula is C12H14N6O2. The Morgan fingerprint density at radius 2 is 2.30 bits per heavy atom. The Labute approximate surface area is 115 Å². The minimum atomic E-state index is -0.329. The average molecular weight is 274 g/mol. The second kappa shape index (κ2) is 5.33. The van der Waals surface area contributed by atoms with Crippen molar-refractivity contribution < 1.29 is 9.32 Å².